The molecule has 0 radical (unpaired) electrons. The molecule has 0 atom stereocenters. The lowest BCUT2D eigenvalue weighted by Crippen LogP contribution is -2.04. The maximum atomic E-state index is 11.5. The van der Waals surface area contributed by atoms with Crippen LogP contribution in [0.4, 0.5) is 5.69 Å². The molecule has 0 spiro atoms. The van der Waals surface area contributed by atoms with Crippen LogP contribution in [-0.4, -0.2) is 39.2 Å². The van der Waals surface area contributed by atoms with E-state index in [1.54, 1.807) is 6.92 Å². The predicted octanol–water partition coefficient (Wildman–Crippen LogP) is 4.12. The Balaban J connectivity index is 1.99. The highest BCUT2D eigenvalue weighted by Crippen LogP contribution is 2.34. The minimum atomic E-state index is -0.498. The fourth-order valence-electron chi connectivity index (χ4n) is 2.82. The van der Waals surface area contributed by atoms with Gasteiger partial charge in [0.05, 0.1) is 24.4 Å². The van der Waals surface area contributed by atoms with Gasteiger partial charge in [-0.3, -0.25) is 15.2 Å². The van der Waals surface area contributed by atoms with Crippen molar-refractivity contribution in [2.24, 2.45) is 5.10 Å². The molecule has 0 saturated heterocycles. The number of nitrogens with zero attached hydrogens (tertiary/aromatic N) is 4. The fraction of sp³-hybridized carbons (Fsp3) is 0.250. The first kappa shape index (κ1) is 21.2. The molecule has 0 amide bonds. The second-order valence-electron chi connectivity index (χ2n) is 6.14. The number of hydrogen-bond donors (Lipinski definition) is 1. The summed E-state index contributed by atoms with van der Waals surface area (Å²) in [5.74, 6) is 1.18. The molecule has 10 heteroatoms. The number of aromatic amines is 1. The van der Waals surface area contributed by atoms with Crippen LogP contribution in [0.1, 0.15) is 30.8 Å². The van der Waals surface area contributed by atoms with Gasteiger partial charge in [0.1, 0.15) is 5.75 Å². The molecular formula is C20H21N5O4S. The second kappa shape index (κ2) is 9.79. The number of ether oxygens (including phenoxy) is 2. The van der Waals surface area contributed by atoms with Crippen LogP contribution in [-0.2, 0) is 6.42 Å². The topological polar surface area (TPSA) is 108 Å². The summed E-state index contributed by atoms with van der Waals surface area (Å²) in [4.78, 5) is 11.0. The van der Waals surface area contributed by atoms with E-state index < -0.39 is 4.92 Å². The van der Waals surface area contributed by atoms with Crippen LogP contribution in [0.5, 0.6) is 11.5 Å². The molecule has 0 saturated carbocycles. The zero-order valence-corrected chi connectivity index (χ0v) is 17.4. The Hall–Kier alpha value is -3.53. The minimum Gasteiger partial charge on any atom is -0.493 e. The Morgan fingerprint density at radius 3 is 2.57 bits per heavy atom. The zero-order chi connectivity index (χ0) is 21.5. The first-order valence-electron chi connectivity index (χ1n) is 9.36. The monoisotopic (exact) mass is 427 g/mol. The Bertz CT molecular complexity index is 1110. The highest BCUT2D eigenvalue weighted by molar-refractivity contribution is 7.71. The quantitative estimate of drug-likeness (QED) is 0.238. The van der Waals surface area contributed by atoms with E-state index in [1.165, 1.54) is 23.0 Å². The van der Waals surface area contributed by atoms with Crippen molar-refractivity contribution in [3.05, 3.63) is 74.3 Å². The van der Waals surface area contributed by atoms with Crippen LogP contribution < -0.4 is 9.47 Å². The Morgan fingerprint density at radius 1 is 1.20 bits per heavy atom. The lowest BCUT2D eigenvalue weighted by molar-refractivity contribution is -0.385. The van der Waals surface area contributed by atoms with E-state index in [4.69, 9.17) is 21.7 Å². The summed E-state index contributed by atoms with van der Waals surface area (Å²) in [6, 6.07) is 12.7. The van der Waals surface area contributed by atoms with Crippen molar-refractivity contribution >= 4 is 24.1 Å². The molecule has 0 unspecified atom stereocenters. The van der Waals surface area contributed by atoms with Crippen LogP contribution in [0, 0.1) is 14.9 Å². The third kappa shape index (κ3) is 4.90. The van der Waals surface area contributed by atoms with Gasteiger partial charge in [0, 0.05) is 24.1 Å². The van der Waals surface area contributed by atoms with Gasteiger partial charge in [-0.2, -0.15) is 14.9 Å². The Labute approximate surface area is 178 Å². The third-order valence-electron chi connectivity index (χ3n) is 4.12. The van der Waals surface area contributed by atoms with Gasteiger partial charge in [-0.1, -0.05) is 30.3 Å². The maximum absolute atomic E-state index is 11.5. The molecular weight excluding hydrogens is 406 g/mol. The highest BCUT2D eigenvalue weighted by Gasteiger charge is 2.20. The first-order chi connectivity index (χ1) is 14.5. The lowest BCUT2D eigenvalue weighted by Gasteiger charge is -2.11. The molecule has 0 fully saturated rings. The lowest BCUT2D eigenvalue weighted by atomic mass is 10.1. The second-order valence-corrected chi connectivity index (χ2v) is 6.53. The predicted molar refractivity (Wildman–Crippen MR) is 115 cm³/mol. The van der Waals surface area contributed by atoms with E-state index in [9.17, 15) is 10.1 Å². The van der Waals surface area contributed by atoms with E-state index in [0.29, 0.717) is 41.5 Å². The van der Waals surface area contributed by atoms with E-state index in [1.807, 2.05) is 37.3 Å². The molecule has 30 heavy (non-hydrogen) atoms. The van der Waals surface area contributed by atoms with Crippen molar-refractivity contribution in [2.45, 2.75) is 20.3 Å². The highest BCUT2D eigenvalue weighted by atomic mass is 32.1. The number of nitro groups is 1. The van der Waals surface area contributed by atoms with E-state index in [0.717, 1.165) is 5.56 Å². The zero-order valence-electron chi connectivity index (χ0n) is 16.6. The van der Waals surface area contributed by atoms with Crippen LogP contribution in [0.15, 0.2) is 47.6 Å². The van der Waals surface area contributed by atoms with Crippen LogP contribution in [0.25, 0.3) is 0 Å². The molecule has 0 aliphatic rings. The summed E-state index contributed by atoms with van der Waals surface area (Å²) in [6.07, 6.45) is 1.99. The molecule has 2 aromatic carbocycles. The van der Waals surface area contributed by atoms with Gasteiger partial charge in [-0.15, -0.1) is 0 Å². The average molecular weight is 427 g/mol. The number of nitro benzene ring substituents is 1. The summed E-state index contributed by atoms with van der Waals surface area (Å²) >= 11 is 5.28. The molecule has 1 N–H and O–H groups in total. The minimum absolute atomic E-state index is 0.146. The number of aromatic nitrogens is 3. The van der Waals surface area contributed by atoms with Crippen molar-refractivity contribution in [1.82, 2.24) is 14.9 Å². The molecule has 9 nitrogen and oxygen atoms in total. The van der Waals surface area contributed by atoms with Crippen LogP contribution in [0.2, 0.25) is 0 Å². The Morgan fingerprint density at radius 2 is 1.90 bits per heavy atom. The normalized spacial score (nSPS) is 11.0. The summed E-state index contributed by atoms with van der Waals surface area (Å²) < 4.78 is 12.8. The molecule has 1 aromatic heterocycles. The van der Waals surface area contributed by atoms with Crippen molar-refractivity contribution in [1.29, 1.82) is 0 Å². The average Bonchev–Trinajstić information content (AvgIpc) is 3.07. The number of H-pyrrole nitrogens is 1. The van der Waals surface area contributed by atoms with Gasteiger partial charge in [-0.05, 0) is 31.6 Å². The molecule has 0 aliphatic heterocycles. The number of rotatable bonds is 9. The molecule has 0 aliphatic carbocycles. The molecule has 156 valence electrons. The first-order valence-corrected chi connectivity index (χ1v) is 9.76. The van der Waals surface area contributed by atoms with Crippen molar-refractivity contribution < 1.29 is 14.4 Å². The molecule has 3 aromatic rings. The van der Waals surface area contributed by atoms with Crippen LogP contribution in [0.3, 0.4) is 0 Å². The molecule has 1 heterocycles. The van der Waals surface area contributed by atoms with E-state index in [2.05, 4.69) is 15.3 Å². The SMILES string of the molecule is CCOc1cc(OCC)c([N+](=O)[O-])cc1/C=N\n1c(Cc2ccccc2)n[nH]c1=S. The third-order valence-corrected chi connectivity index (χ3v) is 4.39. The largest absolute Gasteiger partial charge is 0.493 e. The van der Waals surface area contributed by atoms with E-state index >= 15 is 0 Å². The molecule has 0 bridgehead atoms. The summed E-state index contributed by atoms with van der Waals surface area (Å²) in [7, 11) is 0. The van der Waals surface area contributed by atoms with Gasteiger partial charge < -0.3 is 9.47 Å². The number of nitrogens with one attached hydrogen (secondary N) is 1. The van der Waals surface area contributed by atoms with Crippen molar-refractivity contribution in [3.8, 4) is 11.5 Å². The van der Waals surface area contributed by atoms with E-state index in [-0.39, 0.29) is 11.4 Å². The summed E-state index contributed by atoms with van der Waals surface area (Å²) in [5.41, 5.74) is 1.32. The summed E-state index contributed by atoms with van der Waals surface area (Å²) in [6.45, 7) is 4.27. The van der Waals surface area contributed by atoms with Gasteiger partial charge in [0.25, 0.3) is 0 Å². The van der Waals surface area contributed by atoms with Gasteiger partial charge in [0.15, 0.2) is 5.82 Å². The van der Waals surface area contributed by atoms with Crippen molar-refractivity contribution in [3.63, 3.8) is 0 Å². The van der Waals surface area contributed by atoms with Crippen LogP contribution >= 0.6 is 12.2 Å². The van der Waals surface area contributed by atoms with Gasteiger partial charge in [0.2, 0.25) is 10.5 Å². The standard InChI is InChI=1S/C20H21N5O4S/c1-3-28-17-12-18(29-4-2)16(25(26)27)11-15(17)13-21-24-19(22-23-20(24)30)10-14-8-6-5-7-9-14/h5-9,11-13H,3-4,10H2,1-2H3,(H,23,30)/b21-13-. The van der Waals surface area contributed by atoms with Gasteiger partial charge in [-0.25, -0.2) is 0 Å². The number of benzene rings is 2. The molecule has 3 rings (SSSR count). The fourth-order valence-corrected chi connectivity index (χ4v) is 3.02. The maximum Gasteiger partial charge on any atom is 0.311 e. The summed E-state index contributed by atoms with van der Waals surface area (Å²) in [5, 5.41) is 22.8. The Kier molecular flexibility index (Phi) is 6.91. The van der Waals surface area contributed by atoms with Gasteiger partial charge >= 0.3 is 5.69 Å². The number of hydrogen-bond acceptors (Lipinski definition) is 7. The van der Waals surface area contributed by atoms with Crippen molar-refractivity contribution in [2.75, 3.05) is 13.2 Å². The smallest absolute Gasteiger partial charge is 0.311 e.